The number of aromatic nitrogens is 4. The summed E-state index contributed by atoms with van der Waals surface area (Å²) >= 11 is 0. The van der Waals surface area contributed by atoms with Crippen LogP contribution in [0.15, 0.2) is 36.7 Å². The fourth-order valence-electron chi connectivity index (χ4n) is 5.94. The Kier molecular flexibility index (Phi) is 15.6. The highest BCUT2D eigenvalue weighted by atomic mass is 31.2. The second kappa shape index (κ2) is 19.9. The standard InChI is InChI=1S/C36H52FN6O7P/c1-4-6-7-8-9-10-11-12-13-14-15-16-20-23-47-34(45)27(3)42-51(46,50-28-21-18-17-19-22-28)48-25-36(5-2)29(44)24-30(49-36)43-26-39-31-32(38)40-35(37)41-33(31)43/h2,17-19,21-22,26-27,29-30,44H,4,6-16,20,23-25H2,1,3H3,(H,42,46)(H2,38,40,41)/t27-,29-,30+,36+,51-/m0/s1. The van der Waals surface area contributed by atoms with E-state index < -0.39 is 50.4 Å². The maximum Gasteiger partial charge on any atom is 0.459 e. The lowest BCUT2D eigenvalue weighted by atomic mass is 9.99. The van der Waals surface area contributed by atoms with Gasteiger partial charge in [0.15, 0.2) is 22.6 Å². The Morgan fingerprint density at radius 1 is 1.12 bits per heavy atom. The Bertz CT molecular complexity index is 1620. The van der Waals surface area contributed by atoms with Crippen molar-refractivity contribution >= 4 is 30.7 Å². The third kappa shape index (κ3) is 11.7. The molecule has 15 heteroatoms. The van der Waals surface area contributed by atoms with Crippen LogP contribution in [0.1, 0.15) is 110 Å². The molecule has 5 atom stereocenters. The van der Waals surface area contributed by atoms with Crippen molar-refractivity contribution in [3.8, 4) is 18.1 Å². The largest absolute Gasteiger partial charge is 0.465 e. The Hall–Kier alpha value is -3.60. The topological polar surface area (TPSA) is 173 Å². The number of aliphatic hydroxyl groups is 1. The first-order chi connectivity index (χ1) is 24.6. The van der Waals surface area contributed by atoms with Crippen molar-refractivity contribution in [3.05, 3.63) is 42.7 Å². The fraction of sp³-hybridized carbons (Fsp3) is 0.611. The van der Waals surface area contributed by atoms with Crippen LogP contribution < -0.4 is 15.3 Å². The van der Waals surface area contributed by atoms with Gasteiger partial charge in [-0.3, -0.25) is 13.9 Å². The van der Waals surface area contributed by atoms with Crippen LogP contribution in [-0.4, -0.2) is 61.6 Å². The summed E-state index contributed by atoms with van der Waals surface area (Å²) in [5.74, 6) is 1.82. The number of fused-ring (bicyclic) bond motifs is 1. The van der Waals surface area contributed by atoms with E-state index in [0.29, 0.717) is 0 Å². The lowest BCUT2D eigenvalue weighted by Gasteiger charge is -2.29. The molecule has 1 aromatic carbocycles. The highest BCUT2D eigenvalue weighted by Crippen LogP contribution is 2.48. The number of esters is 1. The number of unbranched alkanes of at least 4 members (excludes halogenated alkanes) is 12. The number of nitrogens with two attached hydrogens (primary N) is 1. The molecular formula is C36H52FN6O7P. The first-order valence-electron chi connectivity index (χ1n) is 18.0. The van der Waals surface area contributed by atoms with Gasteiger partial charge in [0.25, 0.3) is 0 Å². The first-order valence-corrected chi connectivity index (χ1v) is 19.6. The third-order valence-corrected chi connectivity index (χ3v) is 10.5. The van der Waals surface area contributed by atoms with E-state index in [9.17, 15) is 18.9 Å². The van der Waals surface area contributed by atoms with Gasteiger partial charge in [-0.2, -0.15) is 19.4 Å². The summed E-state index contributed by atoms with van der Waals surface area (Å²) in [6.07, 6.45) is 19.4. The maximum atomic E-state index is 14.1. The molecule has 3 heterocycles. The van der Waals surface area contributed by atoms with Crippen LogP contribution in [0, 0.1) is 18.4 Å². The number of benzene rings is 1. The van der Waals surface area contributed by atoms with Crippen molar-refractivity contribution in [1.29, 1.82) is 0 Å². The third-order valence-electron chi connectivity index (χ3n) is 8.90. The molecule has 0 spiro atoms. The van der Waals surface area contributed by atoms with Gasteiger partial charge in [0.2, 0.25) is 0 Å². The van der Waals surface area contributed by atoms with E-state index in [0.717, 1.165) is 25.7 Å². The number of terminal acetylenes is 1. The minimum Gasteiger partial charge on any atom is -0.465 e. The number of halogens is 1. The molecule has 2 aromatic heterocycles. The number of hydrogen-bond donors (Lipinski definition) is 3. The van der Waals surface area contributed by atoms with Gasteiger partial charge in [-0.15, -0.1) is 6.42 Å². The summed E-state index contributed by atoms with van der Waals surface area (Å²) in [6.45, 7) is 3.36. The number of anilines is 1. The highest BCUT2D eigenvalue weighted by Gasteiger charge is 2.50. The smallest absolute Gasteiger partial charge is 0.459 e. The van der Waals surface area contributed by atoms with Crippen molar-refractivity contribution in [1.82, 2.24) is 24.6 Å². The van der Waals surface area contributed by atoms with Gasteiger partial charge < -0.3 is 24.8 Å². The van der Waals surface area contributed by atoms with Crippen LogP contribution >= 0.6 is 7.75 Å². The molecule has 13 nitrogen and oxygen atoms in total. The van der Waals surface area contributed by atoms with Crippen LogP contribution in [0.4, 0.5) is 10.2 Å². The molecule has 4 rings (SSSR count). The Morgan fingerprint density at radius 2 is 1.75 bits per heavy atom. The average molecular weight is 731 g/mol. The number of rotatable bonds is 23. The SMILES string of the molecule is C#C[C@]1(CO[P@@](=O)(N[C@@H](C)C(=O)OCCCCCCCCCCCCCCC)Oc2ccccc2)O[C@@H](n2cnc3c(N)nc(F)nc32)C[C@@H]1O. The number of para-hydroxylation sites is 1. The second-order valence-corrected chi connectivity index (χ2v) is 14.7. The number of nitrogens with zero attached hydrogens (tertiary/aromatic N) is 4. The van der Waals surface area contributed by atoms with Crippen LogP contribution in [0.3, 0.4) is 0 Å². The quantitative estimate of drug-likeness (QED) is 0.0300. The fourth-order valence-corrected chi connectivity index (χ4v) is 7.46. The Morgan fingerprint density at radius 3 is 2.37 bits per heavy atom. The number of nitrogens with one attached hydrogen (secondary N) is 1. The van der Waals surface area contributed by atoms with Gasteiger partial charge in [0, 0.05) is 6.42 Å². The molecule has 0 saturated carbocycles. The number of ether oxygens (including phenoxy) is 2. The number of carbonyl (C=O) groups excluding carboxylic acids is 1. The summed E-state index contributed by atoms with van der Waals surface area (Å²) in [5.41, 5.74) is 4.15. The molecule has 0 aliphatic carbocycles. The van der Waals surface area contributed by atoms with Crippen molar-refractivity contribution in [2.24, 2.45) is 0 Å². The number of imidazole rings is 1. The number of aliphatic hydroxyl groups excluding tert-OH is 1. The average Bonchev–Trinajstić information content (AvgIpc) is 3.68. The van der Waals surface area contributed by atoms with Gasteiger partial charge in [0.05, 0.1) is 12.9 Å². The molecule has 0 amide bonds. The minimum absolute atomic E-state index is 0.0387. The number of nitrogen functional groups attached to an aromatic ring is 1. The number of hydrogen-bond acceptors (Lipinski definition) is 11. The molecule has 1 saturated heterocycles. The Labute approximate surface area is 299 Å². The maximum absolute atomic E-state index is 14.1. The molecule has 0 unspecified atom stereocenters. The van der Waals surface area contributed by atoms with E-state index in [2.05, 4.69) is 32.9 Å². The van der Waals surface area contributed by atoms with Crippen LogP contribution in [0.2, 0.25) is 0 Å². The van der Waals surface area contributed by atoms with Gasteiger partial charge in [-0.25, -0.2) is 9.55 Å². The van der Waals surface area contributed by atoms with Gasteiger partial charge in [-0.1, -0.05) is 108 Å². The predicted octanol–water partition coefficient (Wildman–Crippen LogP) is 7.02. The minimum atomic E-state index is -4.33. The molecule has 1 aliphatic heterocycles. The molecule has 51 heavy (non-hydrogen) atoms. The van der Waals surface area contributed by atoms with E-state index in [1.807, 2.05) is 0 Å². The second-order valence-electron chi connectivity index (χ2n) is 13.0. The van der Waals surface area contributed by atoms with E-state index in [1.54, 1.807) is 30.3 Å². The highest BCUT2D eigenvalue weighted by molar-refractivity contribution is 7.52. The lowest BCUT2D eigenvalue weighted by Crippen LogP contribution is -2.43. The molecule has 4 N–H and O–H groups in total. The Balaban J connectivity index is 1.27. The molecule has 0 bridgehead atoms. The summed E-state index contributed by atoms with van der Waals surface area (Å²) in [6, 6.07) is 7.17. The molecular weight excluding hydrogens is 678 g/mol. The zero-order valence-corrected chi connectivity index (χ0v) is 30.6. The van der Waals surface area contributed by atoms with E-state index in [1.165, 1.54) is 75.6 Å². The summed E-state index contributed by atoms with van der Waals surface area (Å²) in [5, 5.41) is 13.7. The summed E-state index contributed by atoms with van der Waals surface area (Å²) < 4.78 is 52.5. The van der Waals surface area contributed by atoms with Gasteiger partial charge in [-0.05, 0) is 25.5 Å². The van der Waals surface area contributed by atoms with Gasteiger partial charge >= 0.3 is 19.8 Å². The normalized spacial score (nSPS) is 20.5. The van der Waals surface area contributed by atoms with E-state index >= 15 is 0 Å². The van der Waals surface area contributed by atoms with Gasteiger partial charge in [0.1, 0.15) is 30.7 Å². The van der Waals surface area contributed by atoms with Crippen LogP contribution in [0.5, 0.6) is 5.75 Å². The molecule has 3 aromatic rings. The zero-order valence-electron chi connectivity index (χ0n) is 29.7. The molecule has 0 radical (unpaired) electrons. The monoisotopic (exact) mass is 730 g/mol. The molecule has 280 valence electrons. The van der Waals surface area contributed by atoms with Crippen LogP contribution in [0.25, 0.3) is 11.2 Å². The van der Waals surface area contributed by atoms with Crippen molar-refractivity contribution in [2.75, 3.05) is 18.9 Å². The first kappa shape index (κ1) is 40.2. The zero-order chi connectivity index (χ0) is 36.7. The lowest BCUT2D eigenvalue weighted by molar-refractivity contribution is -0.145. The van der Waals surface area contributed by atoms with Crippen LogP contribution in [-0.2, 0) is 23.4 Å². The summed E-state index contributed by atoms with van der Waals surface area (Å²) in [7, 11) is -4.33. The van der Waals surface area contributed by atoms with E-state index in [4.69, 9.17) is 30.7 Å². The van der Waals surface area contributed by atoms with Crippen molar-refractivity contribution in [3.63, 3.8) is 0 Å². The van der Waals surface area contributed by atoms with Crippen molar-refractivity contribution in [2.45, 2.75) is 128 Å². The summed E-state index contributed by atoms with van der Waals surface area (Å²) in [4.78, 5) is 24.2. The number of carbonyl (C=O) groups is 1. The molecule has 1 aliphatic rings. The van der Waals surface area contributed by atoms with Crippen molar-refractivity contribution < 1.29 is 37.4 Å². The molecule has 1 fully saturated rings. The van der Waals surface area contributed by atoms with E-state index in [-0.39, 0.29) is 35.8 Å². The predicted molar refractivity (Wildman–Crippen MR) is 192 cm³/mol.